The molecular formula is C18H25BrN3O5S+. The number of allylic oxidation sites excluding steroid dienone is 1. The molecule has 3 heterocycles. The Morgan fingerprint density at radius 3 is 2.75 bits per heavy atom. The van der Waals surface area contributed by atoms with Crippen LogP contribution in [0.15, 0.2) is 23.4 Å². The number of thioether (sulfide) groups is 1. The van der Waals surface area contributed by atoms with Gasteiger partial charge < -0.3 is 19.6 Å². The van der Waals surface area contributed by atoms with Gasteiger partial charge in [0.2, 0.25) is 5.91 Å². The van der Waals surface area contributed by atoms with Gasteiger partial charge in [0.05, 0.1) is 31.6 Å². The van der Waals surface area contributed by atoms with E-state index in [1.165, 1.54) is 16.7 Å². The Bertz CT molecular complexity index is 733. The Balaban J connectivity index is 1.72. The number of halogens is 1. The van der Waals surface area contributed by atoms with Gasteiger partial charge in [0.25, 0.3) is 5.91 Å². The van der Waals surface area contributed by atoms with Crippen molar-refractivity contribution < 1.29 is 28.7 Å². The zero-order valence-corrected chi connectivity index (χ0v) is 18.3. The molecule has 2 N–H and O–H groups in total. The molecule has 3 aliphatic rings. The summed E-state index contributed by atoms with van der Waals surface area (Å²) in [5.41, 5.74) is 0.646. The van der Waals surface area contributed by atoms with E-state index < -0.39 is 16.8 Å². The van der Waals surface area contributed by atoms with E-state index in [0.29, 0.717) is 11.3 Å². The number of carbonyl (C=O) groups excluding carboxylic acids is 2. The maximum atomic E-state index is 12.5. The fourth-order valence-electron chi connectivity index (χ4n) is 3.45. The minimum Gasteiger partial charge on any atom is -0.477 e. The molecule has 0 aromatic carbocycles. The van der Waals surface area contributed by atoms with Crippen LogP contribution in [-0.4, -0.2) is 94.2 Å². The van der Waals surface area contributed by atoms with Gasteiger partial charge in [-0.2, -0.15) is 0 Å². The predicted molar refractivity (Wildman–Crippen MR) is 109 cm³/mol. The van der Waals surface area contributed by atoms with E-state index in [1.807, 2.05) is 12.2 Å². The molecule has 0 bridgehead atoms. The first-order valence-corrected chi connectivity index (χ1v) is 11.1. The SMILES string of the molecule is CC(Br)C(=O)N[C@@H]1C(=O)N2C(C(=O)O)=C(C=CC[N+]3(C)CCOCC3)CS[C@H]12. The van der Waals surface area contributed by atoms with E-state index in [1.54, 1.807) is 6.92 Å². The highest BCUT2D eigenvalue weighted by Crippen LogP contribution is 2.40. The van der Waals surface area contributed by atoms with Gasteiger partial charge in [-0.15, -0.1) is 11.8 Å². The number of carboxylic acid groups (broad SMARTS) is 1. The number of rotatable bonds is 6. The molecule has 0 aromatic rings. The van der Waals surface area contributed by atoms with Crippen molar-refractivity contribution in [1.82, 2.24) is 10.2 Å². The molecule has 0 spiro atoms. The number of β-lactam (4-membered cyclic amide) rings is 1. The molecule has 3 rings (SSSR count). The Kier molecular flexibility index (Phi) is 6.53. The van der Waals surface area contributed by atoms with Crippen molar-refractivity contribution in [3.05, 3.63) is 23.4 Å². The molecule has 28 heavy (non-hydrogen) atoms. The van der Waals surface area contributed by atoms with Gasteiger partial charge in [0.1, 0.15) is 30.2 Å². The van der Waals surface area contributed by atoms with Crippen molar-refractivity contribution in [3.8, 4) is 0 Å². The summed E-state index contributed by atoms with van der Waals surface area (Å²) < 4.78 is 6.25. The van der Waals surface area contributed by atoms with Crippen molar-refractivity contribution in [2.75, 3.05) is 45.6 Å². The molecular weight excluding hydrogens is 450 g/mol. The maximum absolute atomic E-state index is 12.5. The lowest BCUT2D eigenvalue weighted by atomic mass is 10.0. The molecule has 3 atom stereocenters. The molecule has 0 aliphatic carbocycles. The third kappa shape index (κ3) is 4.29. The predicted octanol–water partition coefficient (Wildman–Crippen LogP) is 0.541. The first-order valence-electron chi connectivity index (χ1n) is 9.17. The summed E-state index contributed by atoms with van der Waals surface area (Å²) >= 11 is 4.64. The standard InChI is InChI=1S/C18H24BrN3O5S/c1-11(19)15(23)20-13-16(24)21-14(18(25)26)12(10-28-17(13)21)4-3-5-22(2)6-8-27-9-7-22/h3-4,11,13,17H,5-10H2,1-2H3,(H-,20,23,25,26)/p+1/t11?,13-,17-/m1/s1. The minimum absolute atomic E-state index is 0.0204. The molecule has 10 heteroatoms. The molecule has 2 fully saturated rings. The number of nitrogens with one attached hydrogen (secondary N) is 1. The van der Waals surface area contributed by atoms with E-state index in [4.69, 9.17) is 4.74 Å². The van der Waals surface area contributed by atoms with Gasteiger partial charge in [-0.1, -0.05) is 22.0 Å². The molecule has 154 valence electrons. The fourth-order valence-corrected chi connectivity index (χ4v) is 4.91. The van der Waals surface area contributed by atoms with Crippen molar-refractivity contribution in [1.29, 1.82) is 0 Å². The van der Waals surface area contributed by atoms with Gasteiger partial charge >= 0.3 is 5.97 Å². The summed E-state index contributed by atoms with van der Waals surface area (Å²) in [4.78, 5) is 37.1. The van der Waals surface area contributed by atoms with Gasteiger partial charge in [0, 0.05) is 5.75 Å². The number of alkyl halides is 1. The van der Waals surface area contributed by atoms with Crippen LogP contribution >= 0.6 is 27.7 Å². The summed E-state index contributed by atoms with van der Waals surface area (Å²) in [6.45, 7) is 5.76. The second-order valence-corrected chi connectivity index (χ2v) is 9.93. The number of carboxylic acids is 1. The minimum atomic E-state index is -1.12. The number of likely N-dealkylation sites (N-methyl/N-ethyl adjacent to an activating group) is 1. The third-order valence-corrected chi connectivity index (χ3v) is 6.99. The van der Waals surface area contributed by atoms with Crippen LogP contribution in [0.3, 0.4) is 0 Å². The van der Waals surface area contributed by atoms with Gasteiger partial charge in [-0.25, -0.2) is 4.79 Å². The first-order chi connectivity index (χ1) is 13.2. The molecule has 3 aliphatic heterocycles. The zero-order valence-electron chi connectivity index (χ0n) is 15.9. The van der Waals surface area contributed by atoms with Crippen LogP contribution in [0.4, 0.5) is 0 Å². The van der Waals surface area contributed by atoms with Crippen molar-refractivity contribution in [2.45, 2.75) is 23.2 Å². The lowest BCUT2D eigenvalue weighted by molar-refractivity contribution is -0.911. The normalized spacial score (nSPS) is 28.0. The Morgan fingerprint density at radius 2 is 2.14 bits per heavy atom. The summed E-state index contributed by atoms with van der Waals surface area (Å²) in [6, 6.07) is -0.685. The summed E-state index contributed by atoms with van der Waals surface area (Å²) in [5.74, 6) is -1.30. The number of nitrogens with zero attached hydrogens (tertiary/aromatic N) is 2. The molecule has 2 saturated heterocycles. The maximum Gasteiger partial charge on any atom is 0.352 e. The van der Waals surface area contributed by atoms with Crippen molar-refractivity contribution in [3.63, 3.8) is 0 Å². The first kappa shape index (κ1) is 21.4. The average molecular weight is 475 g/mol. The highest BCUT2D eigenvalue weighted by atomic mass is 79.9. The fraction of sp³-hybridized carbons (Fsp3) is 0.611. The monoisotopic (exact) mass is 474 g/mol. The van der Waals surface area contributed by atoms with Gasteiger partial charge in [0.15, 0.2) is 0 Å². The van der Waals surface area contributed by atoms with E-state index in [0.717, 1.165) is 37.3 Å². The summed E-state index contributed by atoms with van der Waals surface area (Å²) in [5, 5.41) is 12.0. The molecule has 8 nitrogen and oxygen atoms in total. The van der Waals surface area contributed by atoms with Crippen LogP contribution in [0.5, 0.6) is 0 Å². The van der Waals surface area contributed by atoms with Crippen molar-refractivity contribution >= 4 is 45.5 Å². The number of carbonyl (C=O) groups is 3. The van der Waals surface area contributed by atoms with Crippen LogP contribution < -0.4 is 5.32 Å². The lowest BCUT2D eigenvalue weighted by Gasteiger charge is -2.49. The number of morpholine rings is 1. The largest absolute Gasteiger partial charge is 0.477 e. The molecule has 0 radical (unpaired) electrons. The van der Waals surface area contributed by atoms with E-state index in [9.17, 15) is 19.5 Å². The number of aliphatic carboxylic acids is 1. The second-order valence-electron chi connectivity index (χ2n) is 7.46. The second kappa shape index (κ2) is 8.56. The van der Waals surface area contributed by atoms with Crippen LogP contribution in [0, 0.1) is 0 Å². The Hall–Kier alpha value is -1.36. The third-order valence-electron chi connectivity index (χ3n) is 5.28. The zero-order chi connectivity index (χ0) is 20.5. The van der Waals surface area contributed by atoms with Crippen LogP contribution in [-0.2, 0) is 19.1 Å². The van der Waals surface area contributed by atoms with E-state index >= 15 is 0 Å². The van der Waals surface area contributed by atoms with Crippen LogP contribution in [0.25, 0.3) is 0 Å². The highest BCUT2D eigenvalue weighted by molar-refractivity contribution is 9.10. The van der Waals surface area contributed by atoms with Crippen LogP contribution in [0.1, 0.15) is 6.92 Å². The van der Waals surface area contributed by atoms with E-state index in [2.05, 4.69) is 28.3 Å². The molecule has 0 saturated carbocycles. The number of fused-ring (bicyclic) bond motifs is 1. The van der Waals surface area contributed by atoms with E-state index in [-0.39, 0.29) is 22.9 Å². The summed E-state index contributed by atoms with van der Waals surface area (Å²) in [6.07, 6.45) is 3.81. The lowest BCUT2D eigenvalue weighted by Crippen LogP contribution is -2.70. The average Bonchev–Trinajstić information content (AvgIpc) is 2.65. The quantitative estimate of drug-likeness (QED) is 0.331. The molecule has 2 amide bonds. The van der Waals surface area contributed by atoms with Gasteiger partial charge in [-0.05, 0) is 18.6 Å². The number of hydrogen-bond donors (Lipinski definition) is 2. The topological polar surface area (TPSA) is 95.9 Å². The number of amides is 2. The Labute approximate surface area is 176 Å². The van der Waals surface area contributed by atoms with Gasteiger partial charge in [-0.3, -0.25) is 14.5 Å². The summed E-state index contributed by atoms with van der Waals surface area (Å²) in [7, 11) is 2.15. The van der Waals surface area contributed by atoms with Crippen LogP contribution in [0.2, 0.25) is 0 Å². The van der Waals surface area contributed by atoms with Crippen molar-refractivity contribution in [2.24, 2.45) is 0 Å². The number of quaternary nitrogens is 1. The molecule has 0 aromatic heterocycles. The number of hydrogen-bond acceptors (Lipinski definition) is 5. The highest BCUT2D eigenvalue weighted by Gasteiger charge is 2.54. The molecule has 1 unspecified atom stereocenters. The smallest absolute Gasteiger partial charge is 0.352 e. The number of ether oxygens (including phenoxy) is 1. The Morgan fingerprint density at radius 1 is 1.46 bits per heavy atom.